The lowest BCUT2D eigenvalue weighted by atomic mass is 10.1. The molecule has 5 nitrogen and oxygen atoms in total. The van der Waals surface area contributed by atoms with E-state index in [-0.39, 0.29) is 0 Å². The van der Waals surface area contributed by atoms with Crippen molar-refractivity contribution in [2.75, 3.05) is 31.7 Å². The maximum atomic E-state index is 5.66. The van der Waals surface area contributed by atoms with Crippen LogP contribution in [0.2, 0.25) is 0 Å². The highest BCUT2D eigenvalue weighted by Gasteiger charge is 2.15. The van der Waals surface area contributed by atoms with Crippen molar-refractivity contribution in [2.45, 2.75) is 26.9 Å². The Kier molecular flexibility index (Phi) is 4.90. The molecule has 2 heterocycles. The highest BCUT2D eigenvalue weighted by molar-refractivity contribution is 5.35. The van der Waals surface area contributed by atoms with Crippen LogP contribution in [0.25, 0.3) is 0 Å². The first-order valence-corrected chi connectivity index (χ1v) is 6.52. The van der Waals surface area contributed by atoms with E-state index in [2.05, 4.69) is 15.3 Å². The van der Waals surface area contributed by atoms with E-state index in [4.69, 9.17) is 9.47 Å². The van der Waals surface area contributed by atoms with Gasteiger partial charge in [-0.15, -0.1) is 0 Å². The molecule has 18 heavy (non-hydrogen) atoms. The summed E-state index contributed by atoms with van der Waals surface area (Å²) in [5, 5.41) is 3.19. The molecule has 0 saturated carbocycles. The van der Waals surface area contributed by atoms with Gasteiger partial charge < -0.3 is 14.8 Å². The fourth-order valence-corrected chi connectivity index (χ4v) is 2.00. The van der Waals surface area contributed by atoms with Gasteiger partial charge in [-0.3, -0.25) is 0 Å². The second-order valence-electron chi connectivity index (χ2n) is 4.59. The van der Waals surface area contributed by atoms with E-state index in [1.54, 1.807) is 0 Å². The number of hydrogen-bond donors (Lipinski definition) is 1. The molecule has 0 bridgehead atoms. The summed E-state index contributed by atoms with van der Waals surface area (Å²) < 4.78 is 11.0. The SMILES string of the molecule is CCNc1cc(C)nc(COCC2CCOC2)n1. The van der Waals surface area contributed by atoms with E-state index in [0.717, 1.165) is 50.1 Å². The van der Waals surface area contributed by atoms with Crippen LogP contribution in [0.3, 0.4) is 0 Å². The third kappa shape index (κ3) is 3.92. The predicted molar refractivity (Wildman–Crippen MR) is 69.5 cm³/mol. The van der Waals surface area contributed by atoms with E-state index >= 15 is 0 Å². The number of aromatic nitrogens is 2. The first-order valence-electron chi connectivity index (χ1n) is 6.52. The van der Waals surface area contributed by atoms with Crippen LogP contribution in [-0.4, -0.2) is 36.3 Å². The second kappa shape index (κ2) is 6.66. The Morgan fingerprint density at radius 1 is 1.50 bits per heavy atom. The van der Waals surface area contributed by atoms with Crippen molar-refractivity contribution in [3.05, 3.63) is 17.6 Å². The molecular weight excluding hydrogens is 230 g/mol. The Hall–Kier alpha value is -1.20. The van der Waals surface area contributed by atoms with E-state index in [9.17, 15) is 0 Å². The molecule has 0 aliphatic carbocycles. The lowest BCUT2D eigenvalue weighted by Crippen LogP contribution is -2.11. The first-order chi connectivity index (χ1) is 8.78. The predicted octanol–water partition coefficient (Wildman–Crippen LogP) is 1.77. The van der Waals surface area contributed by atoms with Gasteiger partial charge in [0.1, 0.15) is 12.4 Å². The lowest BCUT2D eigenvalue weighted by molar-refractivity contribution is 0.0752. The van der Waals surface area contributed by atoms with Crippen LogP contribution in [0.1, 0.15) is 24.9 Å². The molecule has 1 unspecified atom stereocenters. The Labute approximate surface area is 108 Å². The average Bonchev–Trinajstić information content (AvgIpc) is 2.82. The average molecular weight is 251 g/mol. The third-order valence-corrected chi connectivity index (χ3v) is 2.87. The molecular formula is C13H21N3O2. The van der Waals surface area contributed by atoms with Crippen molar-refractivity contribution >= 4 is 5.82 Å². The molecule has 1 fully saturated rings. The number of hydrogen-bond acceptors (Lipinski definition) is 5. The second-order valence-corrected chi connectivity index (χ2v) is 4.59. The van der Waals surface area contributed by atoms with Crippen LogP contribution in [0.5, 0.6) is 0 Å². The van der Waals surface area contributed by atoms with Crippen molar-refractivity contribution in [2.24, 2.45) is 5.92 Å². The quantitative estimate of drug-likeness (QED) is 0.835. The number of anilines is 1. The fourth-order valence-electron chi connectivity index (χ4n) is 2.00. The van der Waals surface area contributed by atoms with Gasteiger partial charge in [0.05, 0.1) is 13.2 Å². The number of rotatable bonds is 6. The van der Waals surface area contributed by atoms with Gasteiger partial charge in [-0.25, -0.2) is 9.97 Å². The Balaban J connectivity index is 1.83. The lowest BCUT2D eigenvalue weighted by Gasteiger charge is -2.09. The van der Waals surface area contributed by atoms with Crippen LogP contribution in [0.15, 0.2) is 6.07 Å². The number of ether oxygens (including phenoxy) is 2. The minimum atomic E-state index is 0.469. The van der Waals surface area contributed by atoms with Crippen LogP contribution in [-0.2, 0) is 16.1 Å². The summed E-state index contributed by atoms with van der Waals surface area (Å²) in [6.45, 7) is 7.75. The summed E-state index contributed by atoms with van der Waals surface area (Å²) in [5.74, 6) is 2.14. The largest absolute Gasteiger partial charge is 0.381 e. The summed E-state index contributed by atoms with van der Waals surface area (Å²) in [6.07, 6.45) is 1.09. The molecule has 100 valence electrons. The monoisotopic (exact) mass is 251 g/mol. The van der Waals surface area contributed by atoms with Gasteiger partial charge in [-0.1, -0.05) is 0 Å². The van der Waals surface area contributed by atoms with Gasteiger partial charge in [0.15, 0.2) is 5.82 Å². The fraction of sp³-hybridized carbons (Fsp3) is 0.692. The third-order valence-electron chi connectivity index (χ3n) is 2.87. The highest BCUT2D eigenvalue weighted by Crippen LogP contribution is 2.13. The van der Waals surface area contributed by atoms with Crippen LogP contribution < -0.4 is 5.32 Å². The maximum absolute atomic E-state index is 5.66. The van der Waals surface area contributed by atoms with E-state index in [1.165, 1.54) is 0 Å². The standard InChI is InChI=1S/C13H21N3O2/c1-3-14-12-6-10(2)15-13(16-12)9-18-8-11-4-5-17-7-11/h6,11H,3-5,7-9H2,1-2H3,(H,14,15,16). The molecule has 0 amide bonds. The van der Waals surface area contributed by atoms with E-state index in [1.807, 2.05) is 19.9 Å². The molecule has 1 aliphatic rings. The molecule has 1 aromatic rings. The number of aryl methyl sites for hydroxylation is 1. The van der Waals surface area contributed by atoms with E-state index < -0.39 is 0 Å². The van der Waals surface area contributed by atoms with Crippen molar-refractivity contribution in [3.63, 3.8) is 0 Å². The zero-order chi connectivity index (χ0) is 12.8. The minimum absolute atomic E-state index is 0.469. The summed E-state index contributed by atoms with van der Waals surface area (Å²) in [5.41, 5.74) is 0.962. The molecule has 0 aromatic carbocycles. The first kappa shape index (κ1) is 13.2. The zero-order valence-electron chi connectivity index (χ0n) is 11.1. The molecule has 0 spiro atoms. The van der Waals surface area contributed by atoms with Crippen LogP contribution in [0.4, 0.5) is 5.82 Å². The highest BCUT2D eigenvalue weighted by atomic mass is 16.5. The Morgan fingerprint density at radius 2 is 2.39 bits per heavy atom. The smallest absolute Gasteiger partial charge is 0.156 e. The molecule has 1 N–H and O–H groups in total. The van der Waals surface area contributed by atoms with Gasteiger partial charge in [0.25, 0.3) is 0 Å². The molecule has 2 rings (SSSR count). The van der Waals surface area contributed by atoms with Crippen molar-refractivity contribution in [3.8, 4) is 0 Å². The topological polar surface area (TPSA) is 56.3 Å². The van der Waals surface area contributed by atoms with E-state index in [0.29, 0.717) is 12.5 Å². The normalized spacial score (nSPS) is 19.1. The molecule has 1 aromatic heterocycles. The summed E-state index contributed by atoms with van der Waals surface area (Å²) in [7, 11) is 0. The zero-order valence-corrected chi connectivity index (χ0v) is 11.1. The van der Waals surface area contributed by atoms with Gasteiger partial charge in [-0.05, 0) is 20.3 Å². The minimum Gasteiger partial charge on any atom is -0.381 e. The van der Waals surface area contributed by atoms with Crippen molar-refractivity contribution < 1.29 is 9.47 Å². The summed E-state index contributed by atoms with van der Waals surface area (Å²) in [4.78, 5) is 8.78. The van der Waals surface area contributed by atoms with Gasteiger partial charge in [0.2, 0.25) is 0 Å². The molecule has 1 aliphatic heterocycles. The van der Waals surface area contributed by atoms with Gasteiger partial charge in [0, 0.05) is 30.8 Å². The molecule has 5 heteroatoms. The van der Waals surface area contributed by atoms with Crippen LogP contribution in [0, 0.1) is 12.8 Å². The summed E-state index contributed by atoms with van der Waals surface area (Å²) >= 11 is 0. The number of nitrogens with one attached hydrogen (secondary N) is 1. The van der Waals surface area contributed by atoms with Crippen molar-refractivity contribution in [1.82, 2.24) is 9.97 Å². The summed E-state index contributed by atoms with van der Waals surface area (Å²) in [6, 6.07) is 1.94. The Bertz CT molecular complexity index is 378. The van der Waals surface area contributed by atoms with Gasteiger partial charge >= 0.3 is 0 Å². The number of nitrogens with zero attached hydrogens (tertiary/aromatic N) is 2. The van der Waals surface area contributed by atoms with Crippen LogP contribution >= 0.6 is 0 Å². The maximum Gasteiger partial charge on any atom is 0.156 e. The van der Waals surface area contributed by atoms with Crippen molar-refractivity contribution in [1.29, 1.82) is 0 Å². The molecule has 1 atom stereocenters. The molecule has 0 radical (unpaired) electrons. The molecule has 1 saturated heterocycles. The Morgan fingerprint density at radius 3 is 3.11 bits per heavy atom. The van der Waals surface area contributed by atoms with Gasteiger partial charge in [-0.2, -0.15) is 0 Å².